The normalized spacial score (nSPS) is 20.2. The van der Waals surface area contributed by atoms with E-state index in [1.807, 2.05) is 0 Å². The molecule has 134 valence electrons. The quantitative estimate of drug-likeness (QED) is 0.867. The molecule has 0 aromatic carbocycles. The van der Waals surface area contributed by atoms with Gasteiger partial charge in [-0.1, -0.05) is 11.3 Å². The highest BCUT2D eigenvalue weighted by atomic mass is 32.1. The van der Waals surface area contributed by atoms with Crippen LogP contribution in [0.4, 0.5) is 5.00 Å². The van der Waals surface area contributed by atoms with Crippen molar-refractivity contribution in [2.24, 2.45) is 0 Å². The Morgan fingerprint density at radius 3 is 2.29 bits per heavy atom. The Labute approximate surface area is 146 Å². The predicted octanol–water partition coefficient (Wildman–Crippen LogP) is 0.907. The fourth-order valence-corrected chi connectivity index (χ4v) is 4.32. The SMILES string of the molecule is CNC(=O)c1nc(C(C)(C)N2CCOCC2)sc1N1CCOCC1. The largest absolute Gasteiger partial charge is 0.379 e. The summed E-state index contributed by atoms with van der Waals surface area (Å²) in [5.41, 5.74) is 0.308. The first kappa shape index (κ1) is 17.6. The number of ether oxygens (including phenoxy) is 2. The second-order valence-corrected chi connectivity index (χ2v) is 7.49. The van der Waals surface area contributed by atoms with Gasteiger partial charge in [-0.05, 0) is 13.8 Å². The van der Waals surface area contributed by atoms with Crippen LogP contribution < -0.4 is 10.2 Å². The third-order valence-electron chi connectivity index (χ3n) is 4.67. The van der Waals surface area contributed by atoms with Crippen LogP contribution in [0.25, 0.3) is 0 Å². The molecule has 1 aromatic heterocycles. The maximum Gasteiger partial charge on any atom is 0.272 e. The number of carbonyl (C=O) groups excluding carboxylic acids is 1. The summed E-state index contributed by atoms with van der Waals surface area (Å²) in [7, 11) is 1.65. The summed E-state index contributed by atoms with van der Waals surface area (Å²) in [6.07, 6.45) is 0. The Morgan fingerprint density at radius 2 is 1.71 bits per heavy atom. The van der Waals surface area contributed by atoms with Crippen LogP contribution in [-0.4, -0.2) is 75.4 Å². The van der Waals surface area contributed by atoms with Crippen LogP contribution in [-0.2, 0) is 15.0 Å². The van der Waals surface area contributed by atoms with Gasteiger partial charge >= 0.3 is 0 Å². The van der Waals surface area contributed by atoms with Crippen LogP contribution in [0.2, 0.25) is 0 Å². The summed E-state index contributed by atoms with van der Waals surface area (Å²) in [6, 6.07) is 0. The molecule has 0 saturated carbocycles. The van der Waals surface area contributed by atoms with E-state index in [2.05, 4.69) is 29.0 Å². The molecule has 0 unspecified atom stereocenters. The third-order valence-corrected chi connectivity index (χ3v) is 6.10. The lowest BCUT2D eigenvalue weighted by Gasteiger charge is -2.39. The summed E-state index contributed by atoms with van der Waals surface area (Å²) < 4.78 is 10.9. The number of amides is 1. The van der Waals surface area contributed by atoms with Gasteiger partial charge in [0.25, 0.3) is 5.91 Å². The highest BCUT2D eigenvalue weighted by Gasteiger charge is 2.35. The molecule has 7 nitrogen and oxygen atoms in total. The number of aromatic nitrogens is 1. The van der Waals surface area contributed by atoms with Gasteiger partial charge in [0.15, 0.2) is 5.69 Å². The summed E-state index contributed by atoms with van der Waals surface area (Å²) in [5, 5.41) is 4.65. The predicted molar refractivity (Wildman–Crippen MR) is 94.0 cm³/mol. The molecule has 0 aliphatic carbocycles. The molecule has 1 N–H and O–H groups in total. The number of morpholine rings is 2. The smallest absolute Gasteiger partial charge is 0.272 e. The molecule has 8 heteroatoms. The first-order chi connectivity index (χ1) is 11.5. The topological polar surface area (TPSA) is 66.9 Å². The van der Waals surface area contributed by atoms with Gasteiger partial charge in [0.2, 0.25) is 0 Å². The number of anilines is 1. The molecule has 1 aromatic rings. The Morgan fingerprint density at radius 1 is 1.12 bits per heavy atom. The van der Waals surface area contributed by atoms with Gasteiger partial charge in [0, 0.05) is 33.2 Å². The molecule has 3 rings (SSSR count). The Bertz CT molecular complexity index is 578. The van der Waals surface area contributed by atoms with Crippen molar-refractivity contribution >= 4 is 22.2 Å². The molecule has 0 radical (unpaired) electrons. The number of rotatable bonds is 4. The van der Waals surface area contributed by atoms with E-state index >= 15 is 0 Å². The lowest BCUT2D eigenvalue weighted by atomic mass is 10.0. The van der Waals surface area contributed by atoms with Crippen molar-refractivity contribution in [1.29, 1.82) is 0 Å². The van der Waals surface area contributed by atoms with Crippen molar-refractivity contribution in [2.75, 3.05) is 64.6 Å². The molecule has 24 heavy (non-hydrogen) atoms. The van der Waals surface area contributed by atoms with E-state index in [9.17, 15) is 4.79 Å². The minimum absolute atomic E-state index is 0.128. The molecule has 1 amide bonds. The number of thiazole rings is 1. The van der Waals surface area contributed by atoms with Crippen LogP contribution >= 0.6 is 11.3 Å². The Kier molecular flexibility index (Phi) is 5.39. The first-order valence-corrected chi connectivity index (χ1v) is 9.24. The average molecular weight is 354 g/mol. The lowest BCUT2D eigenvalue weighted by molar-refractivity contribution is -0.0118. The molecule has 0 atom stereocenters. The van der Waals surface area contributed by atoms with Crippen LogP contribution in [0.5, 0.6) is 0 Å². The van der Waals surface area contributed by atoms with Gasteiger partial charge in [-0.25, -0.2) is 4.98 Å². The van der Waals surface area contributed by atoms with Crippen molar-refractivity contribution in [3.05, 3.63) is 10.7 Å². The number of nitrogens with zero attached hydrogens (tertiary/aromatic N) is 3. The molecule has 0 spiro atoms. The van der Waals surface area contributed by atoms with E-state index in [-0.39, 0.29) is 11.4 Å². The maximum absolute atomic E-state index is 12.3. The highest BCUT2D eigenvalue weighted by Crippen LogP contribution is 2.38. The molecule has 0 bridgehead atoms. The van der Waals surface area contributed by atoms with Crippen molar-refractivity contribution in [3.63, 3.8) is 0 Å². The molecule has 2 aliphatic heterocycles. The third kappa shape index (κ3) is 3.42. The minimum atomic E-state index is -0.220. The number of hydrogen-bond donors (Lipinski definition) is 1. The molecule has 2 aliphatic rings. The van der Waals surface area contributed by atoms with Crippen LogP contribution in [0.15, 0.2) is 0 Å². The Hall–Kier alpha value is -1.22. The number of hydrogen-bond acceptors (Lipinski definition) is 7. The first-order valence-electron chi connectivity index (χ1n) is 8.43. The fourth-order valence-electron chi connectivity index (χ4n) is 3.08. The van der Waals surface area contributed by atoms with Gasteiger partial charge < -0.3 is 19.7 Å². The Balaban J connectivity index is 1.93. The van der Waals surface area contributed by atoms with Gasteiger partial charge in [-0.3, -0.25) is 9.69 Å². The zero-order chi connectivity index (χ0) is 17.2. The van der Waals surface area contributed by atoms with Crippen LogP contribution in [0, 0.1) is 0 Å². The molecular weight excluding hydrogens is 328 g/mol. The van der Waals surface area contributed by atoms with Crippen LogP contribution in [0.3, 0.4) is 0 Å². The van der Waals surface area contributed by atoms with E-state index in [1.54, 1.807) is 18.4 Å². The standard InChI is InChI=1S/C16H26N4O3S/c1-16(2,20-6-10-23-11-7-20)15-18-12(13(21)17-3)14(24-15)19-4-8-22-9-5-19/h4-11H2,1-3H3,(H,17,21). The summed E-state index contributed by atoms with van der Waals surface area (Å²) >= 11 is 1.63. The molecule has 2 saturated heterocycles. The number of carbonyl (C=O) groups is 1. The zero-order valence-electron chi connectivity index (χ0n) is 14.6. The average Bonchev–Trinajstić information content (AvgIpc) is 3.09. The van der Waals surface area contributed by atoms with E-state index in [0.717, 1.165) is 49.4 Å². The van der Waals surface area contributed by atoms with Gasteiger partial charge in [0.05, 0.1) is 32.0 Å². The van der Waals surface area contributed by atoms with Gasteiger partial charge in [0.1, 0.15) is 10.0 Å². The van der Waals surface area contributed by atoms with Gasteiger partial charge in [-0.15, -0.1) is 0 Å². The lowest BCUT2D eigenvalue weighted by Crippen LogP contribution is -2.48. The van der Waals surface area contributed by atoms with E-state index in [4.69, 9.17) is 14.5 Å². The maximum atomic E-state index is 12.3. The zero-order valence-corrected chi connectivity index (χ0v) is 15.4. The number of nitrogens with one attached hydrogen (secondary N) is 1. The van der Waals surface area contributed by atoms with Crippen LogP contribution in [0.1, 0.15) is 29.3 Å². The van der Waals surface area contributed by atoms with E-state index < -0.39 is 0 Å². The van der Waals surface area contributed by atoms with Gasteiger partial charge in [-0.2, -0.15) is 0 Å². The fraction of sp³-hybridized carbons (Fsp3) is 0.750. The second-order valence-electron chi connectivity index (χ2n) is 6.51. The molecule has 3 heterocycles. The summed E-state index contributed by atoms with van der Waals surface area (Å²) in [4.78, 5) is 21.7. The minimum Gasteiger partial charge on any atom is -0.379 e. The van der Waals surface area contributed by atoms with Crippen molar-refractivity contribution < 1.29 is 14.3 Å². The monoisotopic (exact) mass is 354 g/mol. The summed E-state index contributed by atoms with van der Waals surface area (Å²) in [5.74, 6) is -0.128. The molecular formula is C16H26N4O3S. The highest BCUT2D eigenvalue weighted by molar-refractivity contribution is 7.16. The van der Waals surface area contributed by atoms with E-state index in [0.29, 0.717) is 18.9 Å². The van der Waals surface area contributed by atoms with E-state index in [1.165, 1.54) is 0 Å². The van der Waals surface area contributed by atoms with Crippen molar-refractivity contribution in [1.82, 2.24) is 15.2 Å². The van der Waals surface area contributed by atoms with Crippen molar-refractivity contribution in [2.45, 2.75) is 19.4 Å². The summed E-state index contributed by atoms with van der Waals surface area (Å²) in [6.45, 7) is 10.6. The van der Waals surface area contributed by atoms with Crippen molar-refractivity contribution in [3.8, 4) is 0 Å². The molecule has 2 fully saturated rings. The second kappa shape index (κ2) is 7.35.